The number of hydrogen-bond acceptors (Lipinski definition) is 5. The fourth-order valence-electron chi connectivity index (χ4n) is 1.75. The van der Waals surface area contributed by atoms with E-state index in [1.54, 1.807) is 13.2 Å². The first-order chi connectivity index (χ1) is 10.0. The van der Waals surface area contributed by atoms with Crippen molar-refractivity contribution in [3.63, 3.8) is 0 Å². The Labute approximate surface area is 126 Å². The van der Waals surface area contributed by atoms with Gasteiger partial charge < -0.3 is 9.84 Å². The first kappa shape index (κ1) is 15.4. The fraction of sp³-hybridized carbons (Fsp3) is 0.357. The van der Waals surface area contributed by atoms with E-state index in [9.17, 15) is 4.79 Å². The van der Waals surface area contributed by atoms with Gasteiger partial charge in [-0.3, -0.25) is 9.36 Å². The predicted octanol–water partition coefficient (Wildman–Crippen LogP) is 2.58. The zero-order valence-electron chi connectivity index (χ0n) is 12.2. The Balaban J connectivity index is 2.46. The standard InChI is InChI=1S/C14H17N3O3S/c1-9(2)6-7-17-13-10(4-5-11(16-13)20-3)15-14(17)21-8-12(18)19/h4-6H,7-8H2,1-3H3,(H,18,19). The highest BCUT2D eigenvalue weighted by Gasteiger charge is 2.14. The Kier molecular flexibility index (Phi) is 4.85. The van der Waals surface area contributed by atoms with Crippen molar-refractivity contribution in [2.24, 2.45) is 0 Å². The number of thioether (sulfide) groups is 1. The maximum atomic E-state index is 10.8. The second kappa shape index (κ2) is 6.62. The average molecular weight is 307 g/mol. The smallest absolute Gasteiger partial charge is 0.313 e. The summed E-state index contributed by atoms with van der Waals surface area (Å²) in [5.74, 6) is -0.392. The van der Waals surface area contributed by atoms with Gasteiger partial charge in [-0.2, -0.15) is 4.98 Å². The molecule has 0 unspecified atom stereocenters. The molecule has 0 aromatic carbocycles. The molecular formula is C14H17N3O3S. The van der Waals surface area contributed by atoms with Gasteiger partial charge in [0.25, 0.3) is 0 Å². The number of imidazole rings is 1. The van der Waals surface area contributed by atoms with Gasteiger partial charge in [-0.1, -0.05) is 23.4 Å². The van der Waals surface area contributed by atoms with Crippen LogP contribution in [-0.2, 0) is 11.3 Å². The lowest BCUT2D eigenvalue weighted by atomic mass is 10.3. The molecule has 0 bridgehead atoms. The highest BCUT2D eigenvalue weighted by Crippen LogP contribution is 2.24. The molecule has 0 aliphatic heterocycles. The lowest BCUT2D eigenvalue weighted by Crippen LogP contribution is -2.03. The van der Waals surface area contributed by atoms with E-state index in [4.69, 9.17) is 9.84 Å². The molecule has 0 radical (unpaired) electrons. The van der Waals surface area contributed by atoms with Gasteiger partial charge in [0.05, 0.1) is 12.9 Å². The Morgan fingerprint density at radius 1 is 1.43 bits per heavy atom. The van der Waals surface area contributed by atoms with E-state index >= 15 is 0 Å². The number of hydrogen-bond donors (Lipinski definition) is 1. The Bertz CT molecular complexity index is 690. The van der Waals surface area contributed by atoms with Crippen molar-refractivity contribution in [1.29, 1.82) is 0 Å². The van der Waals surface area contributed by atoms with E-state index in [1.165, 1.54) is 17.3 Å². The number of carbonyl (C=O) groups is 1. The predicted molar refractivity (Wildman–Crippen MR) is 81.9 cm³/mol. The van der Waals surface area contributed by atoms with Gasteiger partial charge in [0, 0.05) is 12.6 Å². The van der Waals surface area contributed by atoms with Crippen LogP contribution in [0.25, 0.3) is 11.2 Å². The molecule has 2 aromatic rings. The summed E-state index contributed by atoms with van der Waals surface area (Å²) >= 11 is 1.19. The molecule has 0 spiro atoms. The number of carboxylic acids is 1. The van der Waals surface area contributed by atoms with E-state index in [2.05, 4.69) is 9.97 Å². The van der Waals surface area contributed by atoms with E-state index in [1.807, 2.05) is 30.6 Å². The van der Waals surface area contributed by atoms with Crippen molar-refractivity contribution in [1.82, 2.24) is 14.5 Å². The quantitative estimate of drug-likeness (QED) is 0.653. The third-order valence-electron chi connectivity index (χ3n) is 2.75. The second-order valence-electron chi connectivity index (χ2n) is 4.67. The Morgan fingerprint density at radius 2 is 2.19 bits per heavy atom. The number of allylic oxidation sites excluding steroid dienone is 2. The van der Waals surface area contributed by atoms with Gasteiger partial charge in [0.2, 0.25) is 5.88 Å². The number of fused-ring (bicyclic) bond motifs is 1. The molecule has 2 aromatic heterocycles. The third kappa shape index (κ3) is 3.75. The van der Waals surface area contributed by atoms with Crippen molar-refractivity contribution in [3.05, 3.63) is 23.8 Å². The van der Waals surface area contributed by atoms with Crippen LogP contribution >= 0.6 is 11.8 Å². The maximum absolute atomic E-state index is 10.8. The maximum Gasteiger partial charge on any atom is 0.313 e. The molecule has 0 saturated heterocycles. The molecule has 2 rings (SSSR count). The van der Waals surface area contributed by atoms with E-state index in [0.29, 0.717) is 23.2 Å². The van der Waals surface area contributed by atoms with Crippen LogP contribution in [0.1, 0.15) is 13.8 Å². The number of carboxylic acid groups (broad SMARTS) is 1. The topological polar surface area (TPSA) is 77.2 Å². The number of nitrogens with zero attached hydrogens (tertiary/aromatic N) is 3. The molecule has 21 heavy (non-hydrogen) atoms. The van der Waals surface area contributed by atoms with Gasteiger partial charge in [-0.05, 0) is 19.9 Å². The second-order valence-corrected chi connectivity index (χ2v) is 5.61. The third-order valence-corrected chi connectivity index (χ3v) is 3.71. The Hall–Kier alpha value is -2.02. The first-order valence-corrected chi connectivity index (χ1v) is 7.39. The minimum Gasteiger partial charge on any atom is -0.481 e. The molecular weight excluding hydrogens is 290 g/mol. The number of aliphatic carboxylic acids is 1. The van der Waals surface area contributed by atoms with Crippen molar-refractivity contribution in [3.8, 4) is 5.88 Å². The van der Waals surface area contributed by atoms with Gasteiger partial charge in [0.15, 0.2) is 10.8 Å². The summed E-state index contributed by atoms with van der Waals surface area (Å²) in [5.41, 5.74) is 2.60. The van der Waals surface area contributed by atoms with Crippen molar-refractivity contribution < 1.29 is 14.6 Å². The van der Waals surface area contributed by atoms with E-state index in [-0.39, 0.29) is 5.75 Å². The summed E-state index contributed by atoms with van der Waals surface area (Å²) in [6.45, 7) is 4.62. The number of aromatic nitrogens is 3. The van der Waals surface area contributed by atoms with Crippen molar-refractivity contribution >= 4 is 28.9 Å². The number of methoxy groups -OCH3 is 1. The summed E-state index contributed by atoms with van der Waals surface area (Å²) in [4.78, 5) is 19.6. The van der Waals surface area contributed by atoms with Gasteiger partial charge in [-0.25, -0.2) is 4.98 Å². The van der Waals surface area contributed by atoms with Crippen LogP contribution in [0.15, 0.2) is 28.9 Å². The van der Waals surface area contributed by atoms with E-state index in [0.717, 1.165) is 5.52 Å². The highest BCUT2D eigenvalue weighted by molar-refractivity contribution is 7.99. The summed E-state index contributed by atoms with van der Waals surface area (Å²) in [5, 5.41) is 9.48. The summed E-state index contributed by atoms with van der Waals surface area (Å²) in [7, 11) is 1.56. The molecule has 6 nitrogen and oxygen atoms in total. The number of rotatable bonds is 6. The Morgan fingerprint density at radius 3 is 2.81 bits per heavy atom. The lowest BCUT2D eigenvalue weighted by molar-refractivity contribution is -0.133. The monoisotopic (exact) mass is 307 g/mol. The van der Waals surface area contributed by atoms with Crippen LogP contribution in [0.2, 0.25) is 0 Å². The number of ether oxygens (including phenoxy) is 1. The zero-order valence-corrected chi connectivity index (χ0v) is 13.0. The molecule has 0 aliphatic carbocycles. The summed E-state index contributed by atoms with van der Waals surface area (Å²) in [6, 6.07) is 3.57. The largest absolute Gasteiger partial charge is 0.481 e. The molecule has 2 heterocycles. The minimum absolute atomic E-state index is 0.0325. The van der Waals surface area contributed by atoms with Crippen LogP contribution in [0.5, 0.6) is 5.88 Å². The minimum atomic E-state index is -0.869. The van der Waals surface area contributed by atoms with E-state index < -0.39 is 5.97 Å². The zero-order chi connectivity index (χ0) is 15.4. The summed E-state index contributed by atoms with van der Waals surface area (Å²) < 4.78 is 7.04. The fourth-order valence-corrected chi connectivity index (χ4v) is 2.48. The van der Waals surface area contributed by atoms with Crippen LogP contribution in [-0.4, -0.2) is 38.5 Å². The highest BCUT2D eigenvalue weighted by atomic mass is 32.2. The SMILES string of the molecule is COc1ccc2nc(SCC(=O)O)n(CC=C(C)C)c2n1. The van der Waals surface area contributed by atoms with Crippen LogP contribution in [0.4, 0.5) is 0 Å². The molecule has 112 valence electrons. The molecule has 0 saturated carbocycles. The molecule has 7 heteroatoms. The van der Waals surface area contributed by atoms with Gasteiger partial charge >= 0.3 is 5.97 Å². The van der Waals surface area contributed by atoms with Gasteiger partial charge in [-0.15, -0.1) is 0 Å². The molecule has 1 N–H and O–H groups in total. The van der Waals surface area contributed by atoms with Crippen LogP contribution < -0.4 is 4.74 Å². The van der Waals surface area contributed by atoms with Crippen LogP contribution in [0.3, 0.4) is 0 Å². The molecule has 0 atom stereocenters. The molecule has 0 aliphatic rings. The molecule has 0 fully saturated rings. The average Bonchev–Trinajstić information content (AvgIpc) is 2.79. The summed E-state index contributed by atoms with van der Waals surface area (Å²) in [6.07, 6.45) is 2.05. The molecule has 0 amide bonds. The normalized spacial score (nSPS) is 10.6. The number of pyridine rings is 1. The van der Waals surface area contributed by atoms with Crippen molar-refractivity contribution in [2.75, 3.05) is 12.9 Å². The van der Waals surface area contributed by atoms with Crippen molar-refractivity contribution in [2.45, 2.75) is 25.5 Å². The lowest BCUT2D eigenvalue weighted by Gasteiger charge is -2.05. The first-order valence-electron chi connectivity index (χ1n) is 6.40. The van der Waals surface area contributed by atoms with Crippen LogP contribution in [0, 0.1) is 0 Å². The van der Waals surface area contributed by atoms with Gasteiger partial charge in [0.1, 0.15) is 5.52 Å².